The second-order valence-corrected chi connectivity index (χ2v) is 3.74. The molecule has 0 bridgehead atoms. The Balaban J connectivity index is 2.99. The lowest BCUT2D eigenvalue weighted by Crippen LogP contribution is -1.72. The first kappa shape index (κ1) is 8.81. The second kappa shape index (κ2) is 3.93. The molecule has 1 rings (SSSR count). The van der Waals surface area contributed by atoms with Crippen LogP contribution in [0.2, 0.25) is 0 Å². The first-order valence-corrected chi connectivity index (χ1v) is 5.62. The van der Waals surface area contributed by atoms with Gasteiger partial charge in [-0.25, -0.2) is 0 Å². The predicted molar refractivity (Wildman–Crippen MR) is 50.1 cm³/mol. The van der Waals surface area contributed by atoms with Crippen molar-refractivity contribution in [1.82, 2.24) is 0 Å². The summed E-state index contributed by atoms with van der Waals surface area (Å²) in [6.45, 7) is 0. The van der Waals surface area contributed by atoms with Crippen LogP contribution in [0.4, 0.5) is 0 Å². The maximum Gasteiger partial charge on any atom is 0.193 e. The molecule has 0 aliphatic carbocycles. The molecule has 3 heteroatoms. The van der Waals surface area contributed by atoms with Gasteiger partial charge in [0.25, 0.3) is 0 Å². The Morgan fingerprint density at radius 2 is 1.91 bits per heavy atom. The number of hydrogen-bond donors (Lipinski definition) is 0. The van der Waals surface area contributed by atoms with Crippen molar-refractivity contribution in [2.24, 2.45) is 0 Å². The van der Waals surface area contributed by atoms with Gasteiger partial charge in [-0.15, -0.1) is 23.5 Å². The maximum atomic E-state index is 11.2. The topological polar surface area (TPSA) is 19.9 Å². The third-order valence-electron chi connectivity index (χ3n) is 1.37. The Kier molecular flexibility index (Phi) is 3.15. The van der Waals surface area contributed by atoms with E-state index in [0.717, 1.165) is 9.79 Å². The molecule has 0 amide bonds. The van der Waals surface area contributed by atoms with Crippen molar-refractivity contribution in [3.63, 3.8) is 0 Å². The average Bonchev–Trinajstić information content (AvgIpc) is 2.04. The van der Waals surface area contributed by atoms with Gasteiger partial charge < -0.3 is 0 Å². The van der Waals surface area contributed by atoms with Gasteiger partial charge in [-0.05, 0) is 24.6 Å². The van der Waals surface area contributed by atoms with Crippen molar-refractivity contribution in [1.29, 1.82) is 0 Å². The van der Waals surface area contributed by atoms with E-state index >= 15 is 0 Å². The molecule has 0 aliphatic rings. The lowest BCUT2D eigenvalue weighted by Gasteiger charge is -1.99. The Bertz CT molecular complexity index is 248. The molecule has 0 spiro atoms. The number of benzene rings is 1. The molecule has 59 valence electrons. The standard InChI is InChI=1S/C8H9OS2/c1-10-6-3-4-8(11-2)7(9)5-6/h3-5H,1-2H3. The maximum absolute atomic E-state index is 11.2. The van der Waals surface area contributed by atoms with Crippen molar-refractivity contribution in [2.75, 3.05) is 12.5 Å². The summed E-state index contributed by atoms with van der Waals surface area (Å²) in [7, 11) is 0. The zero-order valence-electron chi connectivity index (χ0n) is 6.46. The van der Waals surface area contributed by atoms with E-state index in [1.54, 1.807) is 17.8 Å². The van der Waals surface area contributed by atoms with Crippen LogP contribution in [0.1, 0.15) is 0 Å². The van der Waals surface area contributed by atoms with Gasteiger partial charge in [0.2, 0.25) is 0 Å². The Morgan fingerprint density at radius 3 is 2.36 bits per heavy atom. The number of hydrogen-bond acceptors (Lipinski definition) is 2. The largest absolute Gasteiger partial charge is 0.289 e. The summed E-state index contributed by atoms with van der Waals surface area (Å²) in [6.07, 6.45) is 3.88. The van der Waals surface area contributed by atoms with E-state index in [2.05, 4.69) is 0 Å². The zero-order chi connectivity index (χ0) is 8.27. The molecule has 0 saturated heterocycles. The summed E-state index contributed by atoms with van der Waals surface area (Å²) >= 11 is 3.09. The highest BCUT2D eigenvalue weighted by Crippen LogP contribution is 2.30. The van der Waals surface area contributed by atoms with Crippen LogP contribution < -0.4 is 0 Å². The molecule has 0 atom stereocenters. The molecule has 0 saturated carbocycles. The summed E-state index contributed by atoms with van der Waals surface area (Å²) in [4.78, 5) is 1.86. The van der Waals surface area contributed by atoms with Gasteiger partial charge >= 0.3 is 0 Å². The minimum Gasteiger partial charge on any atom is -0.289 e. The monoisotopic (exact) mass is 185 g/mol. The van der Waals surface area contributed by atoms with E-state index in [1.165, 1.54) is 11.8 Å². The molecule has 0 heterocycles. The summed E-state index contributed by atoms with van der Waals surface area (Å²) in [5.41, 5.74) is 0. The van der Waals surface area contributed by atoms with Gasteiger partial charge in [0.15, 0.2) is 5.75 Å². The lowest BCUT2D eigenvalue weighted by atomic mass is 10.3. The van der Waals surface area contributed by atoms with Gasteiger partial charge in [-0.3, -0.25) is 5.11 Å². The molecule has 0 aromatic heterocycles. The van der Waals surface area contributed by atoms with E-state index < -0.39 is 0 Å². The van der Waals surface area contributed by atoms with Crippen molar-refractivity contribution in [3.05, 3.63) is 18.2 Å². The van der Waals surface area contributed by atoms with Crippen LogP contribution in [-0.4, -0.2) is 12.5 Å². The fourth-order valence-corrected chi connectivity index (χ4v) is 1.68. The molecule has 0 N–H and O–H groups in total. The van der Waals surface area contributed by atoms with Gasteiger partial charge in [0, 0.05) is 11.0 Å². The first-order chi connectivity index (χ1) is 5.27. The van der Waals surface area contributed by atoms with Gasteiger partial charge in [-0.1, -0.05) is 0 Å². The highest BCUT2D eigenvalue weighted by atomic mass is 32.2. The first-order valence-electron chi connectivity index (χ1n) is 3.17. The molecule has 0 aliphatic heterocycles. The molecule has 0 unspecified atom stereocenters. The van der Waals surface area contributed by atoms with Crippen LogP contribution in [0.25, 0.3) is 0 Å². The summed E-state index contributed by atoms with van der Waals surface area (Å²) in [5, 5.41) is 11.2. The Morgan fingerprint density at radius 1 is 1.18 bits per heavy atom. The van der Waals surface area contributed by atoms with Crippen molar-refractivity contribution in [3.8, 4) is 5.75 Å². The molecule has 1 radical (unpaired) electrons. The summed E-state index contributed by atoms with van der Waals surface area (Å²) < 4.78 is 0. The van der Waals surface area contributed by atoms with E-state index in [-0.39, 0.29) is 5.75 Å². The predicted octanol–water partition coefficient (Wildman–Crippen LogP) is 3.27. The minimum atomic E-state index is 0.129. The van der Waals surface area contributed by atoms with E-state index in [9.17, 15) is 5.11 Å². The van der Waals surface area contributed by atoms with Crippen LogP contribution in [0.3, 0.4) is 0 Å². The molecular formula is C8H9OS2. The number of thioether (sulfide) groups is 2. The molecule has 11 heavy (non-hydrogen) atoms. The molecular weight excluding hydrogens is 176 g/mol. The van der Waals surface area contributed by atoms with Crippen molar-refractivity contribution >= 4 is 23.5 Å². The number of rotatable bonds is 2. The minimum absolute atomic E-state index is 0.129. The molecule has 0 fully saturated rings. The van der Waals surface area contributed by atoms with Gasteiger partial charge in [0.1, 0.15) is 0 Å². The molecule has 1 nitrogen and oxygen atoms in total. The fraction of sp³-hybridized carbons (Fsp3) is 0.250. The average molecular weight is 185 g/mol. The van der Waals surface area contributed by atoms with Crippen LogP contribution in [0, 0.1) is 0 Å². The Hall–Kier alpha value is -0.280. The fourth-order valence-electron chi connectivity index (χ4n) is 0.784. The Labute approximate surface area is 75.2 Å². The zero-order valence-corrected chi connectivity index (χ0v) is 8.09. The lowest BCUT2D eigenvalue weighted by molar-refractivity contribution is 0.343. The summed E-state index contributed by atoms with van der Waals surface area (Å²) in [5.74, 6) is 0.129. The van der Waals surface area contributed by atoms with E-state index in [1.807, 2.05) is 24.6 Å². The van der Waals surface area contributed by atoms with Crippen LogP contribution in [-0.2, 0) is 5.11 Å². The third kappa shape index (κ3) is 2.07. The van der Waals surface area contributed by atoms with Crippen molar-refractivity contribution in [2.45, 2.75) is 9.79 Å². The smallest absolute Gasteiger partial charge is 0.193 e. The quantitative estimate of drug-likeness (QED) is 0.659. The van der Waals surface area contributed by atoms with Crippen LogP contribution >= 0.6 is 23.5 Å². The summed E-state index contributed by atoms with van der Waals surface area (Å²) in [6, 6.07) is 5.52. The SMILES string of the molecule is CSc1ccc(SC)c([O])c1. The van der Waals surface area contributed by atoms with Gasteiger partial charge in [-0.2, -0.15) is 0 Å². The van der Waals surface area contributed by atoms with Crippen LogP contribution in [0.5, 0.6) is 5.75 Å². The van der Waals surface area contributed by atoms with Crippen LogP contribution in [0.15, 0.2) is 28.0 Å². The highest BCUT2D eigenvalue weighted by molar-refractivity contribution is 7.99. The van der Waals surface area contributed by atoms with E-state index in [4.69, 9.17) is 0 Å². The second-order valence-electron chi connectivity index (χ2n) is 2.02. The normalized spacial score (nSPS) is 10.0. The third-order valence-corrected chi connectivity index (χ3v) is 2.87. The molecule has 1 aromatic rings. The van der Waals surface area contributed by atoms with E-state index in [0.29, 0.717) is 0 Å². The van der Waals surface area contributed by atoms with Crippen molar-refractivity contribution < 1.29 is 5.11 Å². The van der Waals surface area contributed by atoms with Gasteiger partial charge in [0.05, 0.1) is 4.90 Å². The highest BCUT2D eigenvalue weighted by Gasteiger charge is 2.01. The molecule has 1 aromatic carbocycles.